The van der Waals surface area contributed by atoms with Crippen molar-refractivity contribution in [1.29, 1.82) is 0 Å². The van der Waals surface area contributed by atoms with Crippen LogP contribution in [0.15, 0.2) is 12.1 Å². The minimum absolute atomic E-state index is 0.0156. The summed E-state index contributed by atoms with van der Waals surface area (Å²) in [6.07, 6.45) is 0. The van der Waals surface area contributed by atoms with Gasteiger partial charge >= 0.3 is 0 Å². The fraction of sp³-hybridized carbons (Fsp3) is 0.333. The number of amides is 1. The molecule has 0 bridgehead atoms. The number of nitrogens with zero attached hydrogens (tertiary/aromatic N) is 1. The molecule has 4 heteroatoms. The molecule has 1 atom stereocenters. The number of anilines is 2. The van der Waals surface area contributed by atoms with Gasteiger partial charge in [-0.1, -0.05) is 0 Å². The van der Waals surface area contributed by atoms with Crippen LogP contribution >= 0.6 is 0 Å². The van der Waals surface area contributed by atoms with Gasteiger partial charge in [0.2, 0.25) is 5.91 Å². The lowest BCUT2D eigenvalue weighted by atomic mass is 10.2. The molecule has 0 saturated heterocycles. The van der Waals surface area contributed by atoms with Crippen LogP contribution in [0.4, 0.5) is 11.5 Å². The van der Waals surface area contributed by atoms with Crippen LogP contribution in [0.25, 0.3) is 0 Å². The summed E-state index contributed by atoms with van der Waals surface area (Å²) in [7, 11) is 0. The number of aryl methyl sites for hydroxylation is 1. The normalized spacial score (nSPS) is 20.2. The van der Waals surface area contributed by atoms with Crippen LogP contribution in [0.3, 0.4) is 0 Å². The molecule has 0 unspecified atom stereocenters. The molecule has 1 amide bonds. The molecule has 0 aliphatic carbocycles. The monoisotopic (exact) mass is 177 g/mol. The lowest BCUT2D eigenvalue weighted by Gasteiger charge is -2.23. The molecule has 68 valence electrons. The number of carbonyl (C=O) groups is 1. The SMILES string of the molecule is Cc1ccc2c(n1)N[C@@H](C)C(=O)N2. The van der Waals surface area contributed by atoms with Gasteiger partial charge in [-0.2, -0.15) is 0 Å². The molecule has 1 aromatic rings. The first-order valence-corrected chi connectivity index (χ1v) is 4.22. The molecular formula is C9H11N3O. The first-order chi connectivity index (χ1) is 6.16. The van der Waals surface area contributed by atoms with Crippen LogP contribution in [0.2, 0.25) is 0 Å². The molecule has 2 N–H and O–H groups in total. The molecule has 1 aromatic heterocycles. The van der Waals surface area contributed by atoms with Crippen molar-refractivity contribution in [2.75, 3.05) is 10.6 Å². The predicted octanol–water partition coefficient (Wildman–Crippen LogP) is 1.14. The van der Waals surface area contributed by atoms with Crippen molar-refractivity contribution < 1.29 is 4.79 Å². The van der Waals surface area contributed by atoms with Gasteiger partial charge in [0, 0.05) is 5.69 Å². The molecule has 0 radical (unpaired) electrons. The summed E-state index contributed by atoms with van der Waals surface area (Å²) in [6, 6.07) is 3.52. The number of hydrogen-bond donors (Lipinski definition) is 2. The topological polar surface area (TPSA) is 54.0 Å². The van der Waals surface area contributed by atoms with Gasteiger partial charge in [0.25, 0.3) is 0 Å². The van der Waals surface area contributed by atoms with Crippen LogP contribution < -0.4 is 10.6 Å². The van der Waals surface area contributed by atoms with E-state index in [4.69, 9.17) is 0 Å². The zero-order chi connectivity index (χ0) is 9.42. The molecule has 0 saturated carbocycles. The van der Waals surface area contributed by atoms with E-state index in [9.17, 15) is 4.79 Å². The van der Waals surface area contributed by atoms with E-state index >= 15 is 0 Å². The second-order valence-corrected chi connectivity index (χ2v) is 3.20. The first kappa shape index (κ1) is 8.04. The maximum absolute atomic E-state index is 11.2. The van der Waals surface area contributed by atoms with Gasteiger partial charge in [-0.05, 0) is 26.0 Å². The summed E-state index contributed by atoms with van der Waals surface area (Å²) in [6.45, 7) is 3.73. The third-order valence-electron chi connectivity index (χ3n) is 2.04. The minimum atomic E-state index is -0.207. The highest BCUT2D eigenvalue weighted by Crippen LogP contribution is 2.23. The van der Waals surface area contributed by atoms with Gasteiger partial charge in [0.05, 0.1) is 5.69 Å². The van der Waals surface area contributed by atoms with E-state index < -0.39 is 0 Å². The maximum atomic E-state index is 11.2. The van der Waals surface area contributed by atoms with E-state index in [2.05, 4.69) is 15.6 Å². The number of nitrogens with one attached hydrogen (secondary N) is 2. The molecular weight excluding hydrogens is 166 g/mol. The summed E-state index contributed by atoms with van der Waals surface area (Å²) >= 11 is 0. The Kier molecular flexibility index (Phi) is 1.69. The summed E-state index contributed by atoms with van der Waals surface area (Å²) in [5, 5.41) is 5.80. The Bertz CT molecular complexity index is 362. The van der Waals surface area contributed by atoms with Crippen LogP contribution in [0, 0.1) is 6.92 Å². The zero-order valence-electron chi connectivity index (χ0n) is 7.59. The van der Waals surface area contributed by atoms with Crippen molar-refractivity contribution in [3.8, 4) is 0 Å². The second kappa shape index (κ2) is 2.73. The van der Waals surface area contributed by atoms with Gasteiger partial charge in [-0.3, -0.25) is 4.79 Å². The Morgan fingerprint density at radius 2 is 2.23 bits per heavy atom. The van der Waals surface area contributed by atoms with E-state index in [-0.39, 0.29) is 11.9 Å². The Hall–Kier alpha value is -1.58. The largest absolute Gasteiger partial charge is 0.357 e. The quantitative estimate of drug-likeness (QED) is 0.624. The van der Waals surface area contributed by atoms with E-state index in [0.29, 0.717) is 0 Å². The van der Waals surface area contributed by atoms with Crippen molar-refractivity contribution in [2.45, 2.75) is 19.9 Å². The zero-order valence-corrected chi connectivity index (χ0v) is 7.59. The average molecular weight is 177 g/mol. The molecule has 2 rings (SSSR count). The van der Waals surface area contributed by atoms with Gasteiger partial charge in [0.15, 0.2) is 5.82 Å². The van der Waals surface area contributed by atoms with Gasteiger partial charge in [0.1, 0.15) is 6.04 Å². The van der Waals surface area contributed by atoms with E-state index in [1.54, 1.807) is 0 Å². The summed E-state index contributed by atoms with van der Waals surface area (Å²) in [4.78, 5) is 15.5. The van der Waals surface area contributed by atoms with E-state index in [1.165, 1.54) is 0 Å². The van der Waals surface area contributed by atoms with Crippen molar-refractivity contribution in [1.82, 2.24) is 4.98 Å². The van der Waals surface area contributed by atoms with Crippen molar-refractivity contribution in [3.05, 3.63) is 17.8 Å². The molecule has 0 fully saturated rings. The van der Waals surface area contributed by atoms with Crippen LogP contribution in [-0.4, -0.2) is 16.9 Å². The van der Waals surface area contributed by atoms with Gasteiger partial charge in [-0.25, -0.2) is 4.98 Å². The van der Waals surface area contributed by atoms with Crippen molar-refractivity contribution >= 4 is 17.4 Å². The summed E-state index contributed by atoms with van der Waals surface area (Å²) in [5.41, 5.74) is 1.70. The second-order valence-electron chi connectivity index (χ2n) is 3.20. The van der Waals surface area contributed by atoms with Crippen LogP contribution in [0.5, 0.6) is 0 Å². The predicted molar refractivity (Wildman–Crippen MR) is 50.7 cm³/mol. The summed E-state index contributed by atoms with van der Waals surface area (Å²) in [5.74, 6) is 0.741. The number of aromatic nitrogens is 1. The molecule has 4 nitrogen and oxygen atoms in total. The fourth-order valence-corrected chi connectivity index (χ4v) is 1.28. The number of rotatable bonds is 0. The third-order valence-corrected chi connectivity index (χ3v) is 2.04. The highest BCUT2D eigenvalue weighted by Gasteiger charge is 2.21. The standard InChI is InChI=1S/C9H11N3O/c1-5-3-4-7-8(10-5)11-6(2)9(13)12-7/h3-4,6H,1-2H3,(H,10,11)(H,12,13)/t6-/m0/s1. The van der Waals surface area contributed by atoms with Crippen LogP contribution in [0.1, 0.15) is 12.6 Å². The van der Waals surface area contributed by atoms with E-state index in [1.807, 2.05) is 26.0 Å². The smallest absolute Gasteiger partial charge is 0.246 e. The number of pyridine rings is 1. The Morgan fingerprint density at radius 1 is 1.46 bits per heavy atom. The first-order valence-electron chi connectivity index (χ1n) is 4.22. The maximum Gasteiger partial charge on any atom is 0.246 e. The molecule has 0 spiro atoms. The number of fused-ring (bicyclic) bond motifs is 1. The highest BCUT2D eigenvalue weighted by atomic mass is 16.2. The van der Waals surface area contributed by atoms with E-state index in [0.717, 1.165) is 17.2 Å². The van der Waals surface area contributed by atoms with Crippen molar-refractivity contribution in [2.24, 2.45) is 0 Å². The Labute approximate surface area is 76.4 Å². The third kappa shape index (κ3) is 1.35. The van der Waals surface area contributed by atoms with Crippen molar-refractivity contribution in [3.63, 3.8) is 0 Å². The lowest BCUT2D eigenvalue weighted by Crippen LogP contribution is -2.36. The number of hydrogen-bond acceptors (Lipinski definition) is 3. The van der Waals surface area contributed by atoms with Gasteiger partial charge < -0.3 is 10.6 Å². The Morgan fingerprint density at radius 3 is 3.00 bits per heavy atom. The molecule has 0 aromatic carbocycles. The summed E-state index contributed by atoms with van der Waals surface area (Å²) < 4.78 is 0. The molecule has 13 heavy (non-hydrogen) atoms. The average Bonchev–Trinajstić information content (AvgIpc) is 2.08. The molecule has 1 aliphatic heterocycles. The number of carbonyl (C=O) groups excluding carboxylic acids is 1. The fourth-order valence-electron chi connectivity index (χ4n) is 1.28. The minimum Gasteiger partial charge on any atom is -0.357 e. The highest BCUT2D eigenvalue weighted by molar-refractivity contribution is 6.01. The van der Waals surface area contributed by atoms with Gasteiger partial charge in [-0.15, -0.1) is 0 Å². The molecule has 1 aliphatic rings. The Balaban J connectivity index is 2.42. The lowest BCUT2D eigenvalue weighted by molar-refractivity contribution is -0.116. The van der Waals surface area contributed by atoms with Crippen LogP contribution in [-0.2, 0) is 4.79 Å². The molecule has 2 heterocycles.